The number of hydroxylamine groups is 1. The molecular formula is C34H36Cl4N4O5. The number of aromatic nitrogens is 2. The van der Waals surface area contributed by atoms with Crippen molar-refractivity contribution < 1.29 is 23.9 Å². The Kier molecular flexibility index (Phi) is 12.1. The summed E-state index contributed by atoms with van der Waals surface area (Å²) < 4.78 is 11.2. The van der Waals surface area contributed by atoms with Gasteiger partial charge in [-0.2, -0.15) is 5.06 Å². The largest absolute Gasteiger partial charge is 0.472 e. The van der Waals surface area contributed by atoms with Crippen molar-refractivity contribution >= 4 is 64.1 Å². The first-order valence-electron chi connectivity index (χ1n) is 14.8. The second-order valence-electron chi connectivity index (χ2n) is 10.9. The molecule has 0 bridgehead atoms. The van der Waals surface area contributed by atoms with Crippen molar-refractivity contribution in [3.8, 4) is 11.6 Å². The van der Waals surface area contributed by atoms with E-state index >= 15 is 0 Å². The van der Waals surface area contributed by atoms with Gasteiger partial charge in [0, 0.05) is 33.8 Å². The molecule has 3 unspecified atom stereocenters. The van der Waals surface area contributed by atoms with Crippen molar-refractivity contribution in [2.45, 2.75) is 44.2 Å². The molecule has 3 atom stereocenters. The number of hydrogen-bond acceptors (Lipinski definition) is 6. The highest BCUT2D eigenvalue weighted by molar-refractivity contribution is 6.53. The Hall–Kier alpha value is -3.47. The topological polar surface area (TPSA) is 94.9 Å². The fourth-order valence-corrected chi connectivity index (χ4v) is 6.59. The van der Waals surface area contributed by atoms with Crippen LogP contribution in [-0.2, 0) is 21.0 Å². The van der Waals surface area contributed by atoms with Gasteiger partial charge in [-0.1, -0.05) is 67.4 Å². The summed E-state index contributed by atoms with van der Waals surface area (Å²) in [5.74, 6) is 0.322. The van der Waals surface area contributed by atoms with Gasteiger partial charge in [-0.15, -0.1) is 28.3 Å². The Balaban J connectivity index is 0.000000223. The molecule has 1 N–H and O–H groups in total. The van der Waals surface area contributed by atoms with Gasteiger partial charge < -0.3 is 14.8 Å². The Morgan fingerprint density at radius 1 is 0.979 bits per heavy atom. The molecule has 13 heteroatoms. The molecule has 47 heavy (non-hydrogen) atoms. The summed E-state index contributed by atoms with van der Waals surface area (Å²) in [5, 5.41) is 9.79. The summed E-state index contributed by atoms with van der Waals surface area (Å²) in [7, 11) is 2.68. The summed E-state index contributed by atoms with van der Waals surface area (Å²) in [4.78, 5) is 29.5. The van der Waals surface area contributed by atoms with Crippen LogP contribution in [0, 0.1) is 11.3 Å². The highest BCUT2D eigenvalue weighted by Crippen LogP contribution is 2.70. The summed E-state index contributed by atoms with van der Waals surface area (Å²) in [5.41, 5.74) is 2.45. The second kappa shape index (κ2) is 15.6. The molecule has 1 saturated carbocycles. The van der Waals surface area contributed by atoms with Crippen molar-refractivity contribution in [1.29, 1.82) is 0 Å². The number of methoxy groups -OCH3 is 1. The maximum absolute atomic E-state index is 12.5. The summed E-state index contributed by atoms with van der Waals surface area (Å²) in [6.45, 7) is 5.98. The van der Waals surface area contributed by atoms with Gasteiger partial charge in [-0.05, 0) is 61.4 Å². The van der Waals surface area contributed by atoms with Crippen LogP contribution >= 0.6 is 46.4 Å². The summed E-state index contributed by atoms with van der Waals surface area (Å²) in [6, 6.07) is 23.6. The number of carbonyl (C=O) groups excluding carboxylic acids is 2. The first kappa shape index (κ1) is 36.4. The Morgan fingerprint density at radius 2 is 1.57 bits per heavy atom. The number of alkyl halides is 2. The van der Waals surface area contributed by atoms with E-state index in [1.807, 2.05) is 69.3 Å². The predicted octanol–water partition coefficient (Wildman–Crippen LogP) is 8.98. The molecule has 1 fully saturated rings. The molecule has 1 aliphatic carbocycles. The molecule has 5 rings (SSSR count). The monoisotopic (exact) mass is 720 g/mol. The number of carbonyl (C=O) groups is 2. The molecule has 0 spiro atoms. The zero-order chi connectivity index (χ0) is 34.4. The van der Waals surface area contributed by atoms with Crippen LogP contribution in [0.2, 0.25) is 10.0 Å². The third-order valence-electron chi connectivity index (χ3n) is 8.24. The van der Waals surface area contributed by atoms with Gasteiger partial charge in [0.15, 0.2) is 0 Å². The van der Waals surface area contributed by atoms with Crippen LogP contribution in [-0.4, -0.2) is 40.3 Å². The van der Waals surface area contributed by atoms with Gasteiger partial charge in [0.25, 0.3) is 0 Å². The van der Waals surface area contributed by atoms with Gasteiger partial charge in [-0.25, -0.2) is 9.48 Å². The Labute approximate surface area is 294 Å². The standard InChI is InChI=1S/C19H18ClN3O4.C15H18Cl3NO/c1-25-19(24)23(26-2)17-6-4-3-5-14(17)13-27-18-11-12-22(21-18)16-9-7-15(20)8-10-16;1-4-14(10(3)15(14,17)18)13(20)19-9(2)11-5-7-12(16)8-6-11/h3-12H,13H2,1-2H3;5-10H,4H2,1-3H3,(H,19,20). The SMILES string of the molecule is CCC1(C(=O)NC(C)c2ccc(Cl)cc2)C(C)C1(Cl)Cl.COC(=O)N(OC)c1ccccc1COc1ccn(-c2ccc(Cl)cc2)n1. The zero-order valence-electron chi connectivity index (χ0n) is 26.5. The molecule has 9 nitrogen and oxygen atoms in total. The fraction of sp³-hybridized carbons (Fsp3) is 0.324. The maximum Gasteiger partial charge on any atom is 0.438 e. The number of nitrogens with zero attached hydrogens (tertiary/aromatic N) is 3. The van der Waals surface area contributed by atoms with Crippen LogP contribution < -0.4 is 15.1 Å². The Bertz CT molecular complexity index is 1670. The molecule has 1 aromatic heterocycles. The number of para-hydroxylation sites is 1. The van der Waals surface area contributed by atoms with E-state index in [0.717, 1.165) is 21.9 Å². The third-order valence-corrected chi connectivity index (χ3v) is 10.1. The molecule has 0 saturated heterocycles. The van der Waals surface area contributed by atoms with Crippen LogP contribution in [0.3, 0.4) is 0 Å². The number of benzene rings is 3. The van der Waals surface area contributed by atoms with Crippen molar-refractivity contribution in [3.05, 3.63) is 106 Å². The molecular weight excluding hydrogens is 686 g/mol. The van der Waals surface area contributed by atoms with E-state index < -0.39 is 15.8 Å². The van der Waals surface area contributed by atoms with Crippen LogP contribution in [0.4, 0.5) is 10.5 Å². The van der Waals surface area contributed by atoms with Gasteiger partial charge in [0.2, 0.25) is 11.8 Å². The summed E-state index contributed by atoms with van der Waals surface area (Å²) >= 11 is 24.3. The van der Waals surface area contributed by atoms with E-state index in [4.69, 9.17) is 60.7 Å². The number of anilines is 1. The van der Waals surface area contributed by atoms with E-state index in [2.05, 4.69) is 10.4 Å². The second-order valence-corrected chi connectivity index (χ2v) is 13.1. The lowest BCUT2D eigenvalue weighted by molar-refractivity contribution is -0.127. The van der Waals surface area contributed by atoms with Crippen LogP contribution in [0.15, 0.2) is 85.1 Å². The molecule has 0 radical (unpaired) electrons. The average molecular weight is 722 g/mol. The van der Waals surface area contributed by atoms with Gasteiger partial charge in [0.1, 0.15) is 10.9 Å². The van der Waals surface area contributed by atoms with E-state index in [9.17, 15) is 9.59 Å². The van der Waals surface area contributed by atoms with Crippen LogP contribution in [0.5, 0.6) is 5.88 Å². The molecule has 250 valence electrons. The first-order chi connectivity index (χ1) is 22.4. The normalized spacial score (nSPS) is 18.3. The minimum Gasteiger partial charge on any atom is -0.472 e. The average Bonchev–Trinajstić information content (AvgIpc) is 3.33. The van der Waals surface area contributed by atoms with Crippen LogP contribution in [0.1, 0.15) is 44.4 Å². The predicted molar refractivity (Wildman–Crippen MR) is 186 cm³/mol. The number of hydrogen-bond donors (Lipinski definition) is 1. The first-order valence-corrected chi connectivity index (χ1v) is 16.3. The lowest BCUT2D eigenvalue weighted by Gasteiger charge is -2.20. The number of ether oxygens (including phenoxy) is 2. The van der Waals surface area contributed by atoms with Gasteiger partial charge >= 0.3 is 6.09 Å². The van der Waals surface area contributed by atoms with Crippen molar-refractivity contribution in [1.82, 2.24) is 15.1 Å². The lowest BCUT2D eigenvalue weighted by atomic mass is 9.98. The van der Waals surface area contributed by atoms with Gasteiger partial charge in [0.05, 0.1) is 37.1 Å². The van der Waals surface area contributed by atoms with Crippen molar-refractivity contribution in [2.75, 3.05) is 19.3 Å². The lowest BCUT2D eigenvalue weighted by Crippen LogP contribution is -2.36. The van der Waals surface area contributed by atoms with E-state index in [1.165, 1.54) is 14.2 Å². The number of rotatable bonds is 10. The molecule has 2 amide bonds. The summed E-state index contributed by atoms with van der Waals surface area (Å²) in [6.07, 6.45) is 1.79. The minimum atomic E-state index is -0.967. The number of halogens is 4. The molecule has 4 aromatic rings. The zero-order valence-corrected chi connectivity index (χ0v) is 29.6. The van der Waals surface area contributed by atoms with Gasteiger partial charge in [-0.3, -0.25) is 9.63 Å². The van der Waals surface area contributed by atoms with E-state index in [-0.39, 0.29) is 24.5 Å². The van der Waals surface area contributed by atoms with Crippen LogP contribution in [0.25, 0.3) is 5.69 Å². The van der Waals surface area contributed by atoms with Crippen molar-refractivity contribution in [3.63, 3.8) is 0 Å². The molecule has 1 aliphatic rings. The van der Waals surface area contributed by atoms with E-state index in [0.29, 0.717) is 28.0 Å². The maximum atomic E-state index is 12.5. The molecule has 0 aliphatic heterocycles. The quantitative estimate of drug-likeness (QED) is 0.130. The Morgan fingerprint density at radius 3 is 2.13 bits per heavy atom. The number of amides is 2. The minimum absolute atomic E-state index is 0.0410. The van der Waals surface area contributed by atoms with E-state index in [1.54, 1.807) is 41.2 Å². The molecule has 3 aromatic carbocycles. The fourth-order valence-electron chi connectivity index (χ4n) is 5.31. The highest BCUT2D eigenvalue weighted by Gasteiger charge is 2.76. The third kappa shape index (κ3) is 7.99. The highest BCUT2D eigenvalue weighted by atomic mass is 35.5. The van der Waals surface area contributed by atoms with Crippen molar-refractivity contribution in [2.24, 2.45) is 11.3 Å². The molecule has 1 heterocycles. The number of nitrogens with one attached hydrogen (secondary N) is 1. The smallest absolute Gasteiger partial charge is 0.438 e.